The van der Waals surface area contributed by atoms with Crippen molar-refractivity contribution in [1.29, 1.82) is 0 Å². The van der Waals surface area contributed by atoms with Gasteiger partial charge in [0.15, 0.2) is 0 Å². The summed E-state index contributed by atoms with van der Waals surface area (Å²) in [6.07, 6.45) is -2.60. The van der Waals surface area contributed by atoms with E-state index in [0.29, 0.717) is 11.1 Å². The molecule has 0 saturated heterocycles. The van der Waals surface area contributed by atoms with Gasteiger partial charge in [-0.1, -0.05) is 37.6 Å². The van der Waals surface area contributed by atoms with E-state index in [1.165, 1.54) is 0 Å². The quantitative estimate of drug-likeness (QED) is 0.499. The molecule has 0 unspecified atom stereocenters. The third-order valence-electron chi connectivity index (χ3n) is 4.18. The summed E-state index contributed by atoms with van der Waals surface area (Å²) in [7, 11) is 0. The molecule has 0 saturated carbocycles. The van der Waals surface area contributed by atoms with E-state index in [1.54, 1.807) is 10.7 Å². The molecule has 0 aliphatic rings. The van der Waals surface area contributed by atoms with Crippen molar-refractivity contribution in [2.45, 2.75) is 32.9 Å². The van der Waals surface area contributed by atoms with E-state index in [9.17, 15) is 13.2 Å². The first-order valence-electron chi connectivity index (χ1n) is 8.20. The van der Waals surface area contributed by atoms with Crippen molar-refractivity contribution in [1.82, 2.24) is 9.78 Å². The van der Waals surface area contributed by atoms with Gasteiger partial charge >= 0.3 is 6.18 Å². The minimum absolute atomic E-state index is 0.0549. The number of aryl methyl sites for hydroxylation is 1. The van der Waals surface area contributed by atoms with Gasteiger partial charge in [-0.25, -0.2) is 4.68 Å². The van der Waals surface area contributed by atoms with Crippen LogP contribution in [0.5, 0.6) is 0 Å². The lowest BCUT2D eigenvalue weighted by Crippen LogP contribution is -2.05. The van der Waals surface area contributed by atoms with Crippen LogP contribution in [0.3, 0.4) is 0 Å². The highest BCUT2D eigenvalue weighted by atomic mass is 35.5. The summed E-state index contributed by atoms with van der Waals surface area (Å²) in [4.78, 5) is 0. The number of hydrogen-bond acceptors (Lipinski definition) is 1. The van der Waals surface area contributed by atoms with Crippen LogP contribution in [0.25, 0.3) is 16.8 Å². The molecule has 0 N–H and O–H groups in total. The summed E-state index contributed by atoms with van der Waals surface area (Å²) in [5.41, 5.74) is 3.10. The summed E-state index contributed by atoms with van der Waals surface area (Å²) in [5, 5.41) is 4.50. The van der Waals surface area contributed by atoms with E-state index in [2.05, 4.69) is 18.9 Å². The van der Waals surface area contributed by atoms with Gasteiger partial charge in [-0.3, -0.25) is 0 Å². The van der Waals surface area contributed by atoms with Crippen molar-refractivity contribution in [3.63, 3.8) is 0 Å². The van der Waals surface area contributed by atoms with Crippen LogP contribution in [0.4, 0.5) is 13.2 Å². The van der Waals surface area contributed by atoms with Gasteiger partial charge in [0.05, 0.1) is 16.9 Å². The molecule has 0 atom stereocenters. The fraction of sp³-hybridized carbons (Fsp3) is 0.250. The lowest BCUT2D eigenvalue weighted by Gasteiger charge is -2.16. The maximum atomic E-state index is 13.1. The number of benzene rings is 2. The Morgan fingerprint density at radius 1 is 1.00 bits per heavy atom. The zero-order valence-electron chi connectivity index (χ0n) is 14.6. The Balaban J connectivity index is 2.17. The van der Waals surface area contributed by atoms with Gasteiger partial charge in [0.1, 0.15) is 0 Å². The Morgan fingerprint density at radius 2 is 1.73 bits per heavy atom. The Hall–Kier alpha value is -2.27. The van der Waals surface area contributed by atoms with Gasteiger partial charge in [-0.05, 0) is 59.9 Å². The maximum absolute atomic E-state index is 13.1. The van der Waals surface area contributed by atoms with Crippen molar-refractivity contribution in [3.05, 3.63) is 70.5 Å². The minimum atomic E-state index is -4.44. The van der Waals surface area contributed by atoms with Crippen LogP contribution >= 0.6 is 11.6 Å². The lowest BCUT2D eigenvalue weighted by atomic mass is 9.95. The van der Waals surface area contributed by atoms with Gasteiger partial charge in [-0.2, -0.15) is 18.3 Å². The van der Waals surface area contributed by atoms with E-state index < -0.39 is 11.7 Å². The van der Waals surface area contributed by atoms with Gasteiger partial charge < -0.3 is 0 Å². The predicted molar refractivity (Wildman–Crippen MR) is 97.8 cm³/mol. The van der Waals surface area contributed by atoms with Crippen molar-refractivity contribution < 1.29 is 13.2 Å². The first kappa shape index (κ1) is 18.5. The van der Waals surface area contributed by atoms with Crippen molar-refractivity contribution in [2.75, 3.05) is 0 Å². The largest absolute Gasteiger partial charge is 0.416 e. The Labute approximate surface area is 155 Å². The van der Waals surface area contributed by atoms with Crippen LogP contribution in [0.2, 0.25) is 5.02 Å². The average molecular weight is 379 g/mol. The SMILES string of the molecule is Cc1ccn(-c2cc(-c3cc(Cl)cc(C(F)(F)F)c3)ccc2C(C)C)n1. The second-order valence-electron chi connectivity index (χ2n) is 6.56. The molecule has 0 fully saturated rings. The van der Waals surface area contributed by atoms with Crippen LogP contribution in [-0.2, 0) is 6.18 Å². The average Bonchev–Trinajstić information content (AvgIpc) is 2.99. The smallest absolute Gasteiger partial charge is 0.240 e. The molecule has 0 aliphatic carbocycles. The number of alkyl halides is 3. The summed E-state index contributed by atoms with van der Waals surface area (Å²) in [6.45, 7) is 6.02. The highest BCUT2D eigenvalue weighted by Crippen LogP contribution is 2.36. The molecule has 1 heterocycles. The molecule has 0 spiro atoms. The van der Waals surface area contributed by atoms with Crippen LogP contribution in [0.1, 0.15) is 36.6 Å². The molecule has 1 aromatic heterocycles. The van der Waals surface area contributed by atoms with Crippen molar-refractivity contribution in [2.24, 2.45) is 0 Å². The molecule has 2 aromatic carbocycles. The molecule has 3 rings (SSSR count). The second-order valence-corrected chi connectivity index (χ2v) is 6.99. The number of rotatable bonds is 3. The Bertz CT molecular complexity index is 942. The monoisotopic (exact) mass is 378 g/mol. The molecule has 0 amide bonds. The summed E-state index contributed by atoms with van der Waals surface area (Å²) < 4.78 is 41.1. The minimum Gasteiger partial charge on any atom is -0.240 e. The van der Waals surface area contributed by atoms with E-state index in [0.717, 1.165) is 29.1 Å². The standard InChI is InChI=1S/C20H18ClF3N2/c1-12(2)18-5-4-14(10-19(18)26-7-6-13(3)25-26)15-8-16(20(22,23)24)11-17(21)9-15/h4-12H,1-3H3. The molecule has 2 nitrogen and oxygen atoms in total. The van der Waals surface area contributed by atoms with Gasteiger partial charge in [0.2, 0.25) is 0 Å². The molecular formula is C20H18ClF3N2. The van der Waals surface area contributed by atoms with Crippen LogP contribution < -0.4 is 0 Å². The maximum Gasteiger partial charge on any atom is 0.416 e. The summed E-state index contributed by atoms with van der Waals surface area (Å²) in [6, 6.07) is 11.1. The van der Waals surface area contributed by atoms with Gasteiger partial charge in [0, 0.05) is 11.2 Å². The Kier molecular flexibility index (Phi) is 4.84. The van der Waals surface area contributed by atoms with E-state index >= 15 is 0 Å². The fourth-order valence-electron chi connectivity index (χ4n) is 2.88. The normalized spacial score (nSPS) is 12.0. The molecule has 3 aromatic rings. The molecule has 0 radical (unpaired) electrons. The molecule has 26 heavy (non-hydrogen) atoms. The number of halogens is 4. The third kappa shape index (κ3) is 3.78. The van der Waals surface area contributed by atoms with Crippen molar-refractivity contribution >= 4 is 11.6 Å². The summed E-state index contributed by atoms with van der Waals surface area (Å²) in [5.74, 6) is 0.244. The van der Waals surface area contributed by atoms with Crippen molar-refractivity contribution in [3.8, 4) is 16.8 Å². The van der Waals surface area contributed by atoms with Gasteiger partial charge in [0.25, 0.3) is 0 Å². The second kappa shape index (κ2) is 6.80. The number of aromatic nitrogens is 2. The highest BCUT2D eigenvalue weighted by Gasteiger charge is 2.31. The lowest BCUT2D eigenvalue weighted by molar-refractivity contribution is -0.137. The molecule has 136 valence electrons. The molecule has 0 bridgehead atoms. The Morgan fingerprint density at radius 3 is 2.31 bits per heavy atom. The molecule has 6 heteroatoms. The first-order chi connectivity index (χ1) is 12.1. The van der Waals surface area contributed by atoms with Crippen LogP contribution in [-0.4, -0.2) is 9.78 Å². The van der Waals surface area contributed by atoms with E-state index in [1.807, 2.05) is 37.4 Å². The van der Waals surface area contributed by atoms with E-state index in [-0.39, 0.29) is 10.9 Å². The number of hydrogen-bond donors (Lipinski definition) is 0. The zero-order valence-corrected chi connectivity index (χ0v) is 15.4. The topological polar surface area (TPSA) is 17.8 Å². The fourth-order valence-corrected chi connectivity index (χ4v) is 3.11. The predicted octanol–water partition coefficient (Wildman–Crippen LogP) is 6.64. The highest BCUT2D eigenvalue weighted by molar-refractivity contribution is 6.31. The van der Waals surface area contributed by atoms with Gasteiger partial charge in [-0.15, -0.1) is 0 Å². The number of nitrogens with zero attached hydrogens (tertiary/aromatic N) is 2. The molecule has 0 aliphatic heterocycles. The first-order valence-corrected chi connectivity index (χ1v) is 8.57. The summed E-state index contributed by atoms with van der Waals surface area (Å²) >= 11 is 5.93. The van der Waals surface area contributed by atoms with Crippen LogP contribution in [0, 0.1) is 6.92 Å². The molecular weight excluding hydrogens is 361 g/mol. The van der Waals surface area contributed by atoms with Crippen LogP contribution in [0.15, 0.2) is 48.7 Å². The van der Waals surface area contributed by atoms with E-state index in [4.69, 9.17) is 11.6 Å². The third-order valence-corrected chi connectivity index (χ3v) is 4.40. The zero-order chi connectivity index (χ0) is 19.1.